The normalized spacial score (nSPS) is 10.5. The van der Waals surface area contributed by atoms with Crippen molar-refractivity contribution in [3.63, 3.8) is 0 Å². The Bertz CT molecular complexity index is 691. The quantitative estimate of drug-likeness (QED) is 0.725. The lowest BCUT2D eigenvalue weighted by atomic mass is 10.1. The summed E-state index contributed by atoms with van der Waals surface area (Å²) in [5.41, 5.74) is 6.28. The third kappa shape index (κ3) is 2.94. The van der Waals surface area contributed by atoms with Crippen LogP contribution in [0, 0.1) is 6.92 Å². The molecular formula is C13H17N5O2. The van der Waals surface area contributed by atoms with E-state index in [1.54, 1.807) is 4.90 Å². The zero-order valence-electron chi connectivity index (χ0n) is 11.2. The van der Waals surface area contributed by atoms with E-state index >= 15 is 0 Å². The van der Waals surface area contributed by atoms with Crippen LogP contribution in [0.2, 0.25) is 0 Å². The molecule has 0 spiro atoms. The second kappa shape index (κ2) is 6.16. The number of aryl methyl sites for hydroxylation is 1. The molecule has 20 heavy (non-hydrogen) atoms. The smallest absolute Gasteiger partial charge is 0.330 e. The van der Waals surface area contributed by atoms with E-state index in [-0.39, 0.29) is 5.82 Å². The van der Waals surface area contributed by atoms with Gasteiger partial charge in [0.25, 0.3) is 5.56 Å². The van der Waals surface area contributed by atoms with Gasteiger partial charge in [0.05, 0.1) is 0 Å². The number of nitrogens with one attached hydrogen (secondary N) is 2. The van der Waals surface area contributed by atoms with Crippen molar-refractivity contribution in [3.8, 4) is 0 Å². The van der Waals surface area contributed by atoms with Crippen molar-refractivity contribution < 1.29 is 0 Å². The number of hydrogen-bond acceptors (Lipinski definition) is 5. The maximum absolute atomic E-state index is 11.9. The molecule has 0 unspecified atom stereocenters. The minimum absolute atomic E-state index is 0.160. The SMILES string of the molecule is Cc1ccccc1N(CCCN)c1n[nH]c(=O)[nH]c1=O. The number of benzene rings is 1. The van der Waals surface area contributed by atoms with Crippen LogP contribution in [0.5, 0.6) is 0 Å². The molecule has 0 aliphatic heterocycles. The van der Waals surface area contributed by atoms with Gasteiger partial charge in [-0.3, -0.25) is 9.78 Å². The molecule has 1 heterocycles. The molecule has 1 aromatic carbocycles. The van der Waals surface area contributed by atoms with Gasteiger partial charge in [-0.05, 0) is 31.5 Å². The van der Waals surface area contributed by atoms with Crippen molar-refractivity contribution >= 4 is 11.5 Å². The van der Waals surface area contributed by atoms with Gasteiger partial charge in [-0.1, -0.05) is 18.2 Å². The third-order valence-electron chi connectivity index (χ3n) is 2.94. The molecule has 7 heteroatoms. The van der Waals surface area contributed by atoms with E-state index in [1.807, 2.05) is 31.2 Å². The number of anilines is 2. The van der Waals surface area contributed by atoms with E-state index in [0.717, 1.165) is 11.3 Å². The predicted molar refractivity (Wildman–Crippen MR) is 77.3 cm³/mol. The van der Waals surface area contributed by atoms with E-state index < -0.39 is 11.2 Å². The van der Waals surface area contributed by atoms with Crippen molar-refractivity contribution in [1.82, 2.24) is 15.2 Å². The minimum atomic E-state index is -0.623. The molecule has 0 atom stereocenters. The second-order valence-electron chi connectivity index (χ2n) is 4.41. The molecule has 1 aromatic heterocycles. The highest BCUT2D eigenvalue weighted by atomic mass is 16.2. The van der Waals surface area contributed by atoms with Crippen molar-refractivity contribution in [3.05, 3.63) is 50.7 Å². The molecule has 2 rings (SSSR count). The average molecular weight is 275 g/mol. The first kappa shape index (κ1) is 14.0. The molecule has 2 aromatic rings. The summed E-state index contributed by atoms with van der Waals surface area (Å²) in [6, 6.07) is 7.66. The first-order valence-electron chi connectivity index (χ1n) is 6.35. The number of para-hydroxylation sites is 1. The van der Waals surface area contributed by atoms with Crippen LogP contribution in [-0.4, -0.2) is 28.3 Å². The van der Waals surface area contributed by atoms with E-state index in [2.05, 4.69) is 15.2 Å². The van der Waals surface area contributed by atoms with Crippen molar-refractivity contribution in [2.24, 2.45) is 5.73 Å². The Balaban J connectivity index is 2.50. The minimum Gasteiger partial charge on any atom is -0.330 e. The van der Waals surface area contributed by atoms with Crippen LogP contribution >= 0.6 is 0 Å². The van der Waals surface area contributed by atoms with Crippen LogP contribution in [0.1, 0.15) is 12.0 Å². The van der Waals surface area contributed by atoms with Crippen molar-refractivity contribution in [2.45, 2.75) is 13.3 Å². The van der Waals surface area contributed by atoms with Gasteiger partial charge in [0.15, 0.2) is 0 Å². The topological polar surface area (TPSA) is 108 Å². The summed E-state index contributed by atoms with van der Waals surface area (Å²) >= 11 is 0. The highest BCUT2D eigenvalue weighted by Gasteiger charge is 2.16. The molecule has 0 aliphatic rings. The van der Waals surface area contributed by atoms with Gasteiger partial charge in [-0.15, -0.1) is 5.10 Å². The fourth-order valence-corrected chi connectivity index (χ4v) is 1.98. The van der Waals surface area contributed by atoms with Gasteiger partial charge in [0, 0.05) is 12.2 Å². The highest BCUT2D eigenvalue weighted by Crippen LogP contribution is 2.24. The van der Waals surface area contributed by atoms with Crippen molar-refractivity contribution in [1.29, 1.82) is 0 Å². The molecule has 0 saturated carbocycles. The monoisotopic (exact) mass is 275 g/mol. The molecule has 4 N–H and O–H groups in total. The Hall–Kier alpha value is -2.41. The van der Waals surface area contributed by atoms with E-state index in [0.29, 0.717) is 19.5 Å². The Morgan fingerprint density at radius 3 is 2.70 bits per heavy atom. The maximum atomic E-state index is 11.9. The zero-order chi connectivity index (χ0) is 14.5. The lowest BCUT2D eigenvalue weighted by Crippen LogP contribution is -2.33. The summed E-state index contributed by atoms with van der Waals surface area (Å²) in [7, 11) is 0. The van der Waals surface area contributed by atoms with Crippen LogP contribution in [0.3, 0.4) is 0 Å². The maximum Gasteiger partial charge on any atom is 0.342 e. The molecular weight excluding hydrogens is 258 g/mol. The number of H-pyrrole nitrogens is 2. The number of hydrogen-bond donors (Lipinski definition) is 3. The van der Waals surface area contributed by atoms with E-state index in [9.17, 15) is 9.59 Å². The van der Waals surface area contributed by atoms with Gasteiger partial charge in [-0.25, -0.2) is 9.89 Å². The molecule has 0 amide bonds. The summed E-state index contributed by atoms with van der Waals surface area (Å²) in [6.45, 7) is 3.00. The van der Waals surface area contributed by atoms with Crippen molar-refractivity contribution in [2.75, 3.05) is 18.0 Å². The van der Waals surface area contributed by atoms with Gasteiger partial charge in [-0.2, -0.15) is 0 Å². The highest BCUT2D eigenvalue weighted by molar-refractivity contribution is 5.62. The van der Waals surface area contributed by atoms with Gasteiger partial charge >= 0.3 is 5.69 Å². The first-order chi connectivity index (χ1) is 9.63. The summed E-state index contributed by atoms with van der Waals surface area (Å²) in [5.74, 6) is 0.160. The Labute approximate surface area is 115 Å². The van der Waals surface area contributed by atoms with Gasteiger partial charge < -0.3 is 10.6 Å². The largest absolute Gasteiger partial charge is 0.342 e. The Morgan fingerprint density at radius 1 is 1.30 bits per heavy atom. The standard InChI is InChI=1S/C13H17N5O2/c1-9-5-2-3-6-10(9)18(8-4-7-14)11-12(19)15-13(20)17-16-11/h2-3,5-6H,4,7-8,14H2,1H3,(H2,15,17,19,20). The lowest BCUT2D eigenvalue weighted by Gasteiger charge is -2.23. The fourth-order valence-electron chi connectivity index (χ4n) is 1.98. The van der Waals surface area contributed by atoms with Crippen LogP contribution in [0.25, 0.3) is 0 Å². The number of nitrogens with zero attached hydrogens (tertiary/aromatic N) is 2. The molecule has 0 bridgehead atoms. The number of aromatic amines is 2. The Morgan fingerprint density at radius 2 is 2.05 bits per heavy atom. The third-order valence-corrected chi connectivity index (χ3v) is 2.94. The summed E-state index contributed by atoms with van der Waals surface area (Å²) in [4.78, 5) is 26.9. The van der Waals surface area contributed by atoms with Gasteiger partial charge in [0.2, 0.25) is 5.82 Å². The summed E-state index contributed by atoms with van der Waals surface area (Å²) < 4.78 is 0. The Kier molecular flexibility index (Phi) is 4.31. The average Bonchev–Trinajstić information content (AvgIpc) is 2.42. The summed E-state index contributed by atoms with van der Waals surface area (Å²) in [5, 5.41) is 6.11. The van der Waals surface area contributed by atoms with Crippen LogP contribution < -0.4 is 21.9 Å². The second-order valence-corrected chi connectivity index (χ2v) is 4.41. The molecule has 0 saturated heterocycles. The predicted octanol–water partition coefficient (Wildman–Crippen LogP) is 0.254. The molecule has 0 radical (unpaired) electrons. The molecule has 7 nitrogen and oxygen atoms in total. The van der Waals surface area contributed by atoms with Crippen LogP contribution in [0.15, 0.2) is 33.9 Å². The fraction of sp³-hybridized carbons (Fsp3) is 0.308. The first-order valence-corrected chi connectivity index (χ1v) is 6.35. The number of nitrogens with two attached hydrogens (primary N) is 1. The molecule has 0 fully saturated rings. The van der Waals surface area contributed by atoms with Gasteiger partial charge in [0.1, 0.15) is 0 Å². The molecule has 106 valence electrons. The summed E-state index contributed by atoms with van der Waals surface area (Å²) in [6.07, 6.45) is 0.703. The molecule has 0 aliphatic carbocycles. The van der Waals surface area contributed by atoms with E-state index in [1.165, 1.54) is 0 Å². The van der Waals surface area contributed by atoms with Crippen LogP contribution in [0.4, 0.5) is 11.5 Å². The number of aromatic nitrogens is 3. The zero-order valence-corrected chi connectivity index (χ0v) is 11.2. The van der Waals surface area contributed by atoms with E-state index in [4.69, 9.17) is 5.73 Å². The lowest BCUT2D eigenvalue weighted by molar-refractivity contribution is 0.780. The van der Waals surface area contributed by atoms with Crippen LogP contribution in [-0.2, 0) is 0 Å². The number of rotatable bonds is 5.